The molecule has 1 N–H and O–H groups in total. The maximum atomic E-state index is 11.0. The van der Waals surface area contributed by atoms with E-state index in [1.54, 1.807) is 6.92 Å². The Morgan fingerprint density at radius 1 is 1.62 bits per heavy atom. The van der Waals surface area contributed by atoms with E-state index < -0.39 is 15.9 Å². The number of sulfone groups is 1. The molecule has 0 radical (unpaired) electrons. The van der Waals surface area contributed by atoms with Crippen LogP contribution in [-0.2, 0) is 14.6 Å². The first-order valence-electron chi connectivity index (χ1n) is 4.17. The van der Waals surface area contributed by atoms with Crippen LogP contribution in [0.3, 0.4) is 0 Å². The Morgan fingerprint density at radius 3 is 2.77 bits per heavy atom. The second-order valence-corrected chi connectivity index (χ2v) is 5.19. The summed E-state index contributed by atoms with van der Waals surface area (Å²) in [6, 6.07) is -0.274. The van der Waals surface area contributed by atoms with Gasteiger partial charge in [-0.15, -0.1) is 0 Å². The number of alkyl carbamates (subject to hydrolysis) is 1. The summed E-state index contributed by atoms with van der Waals surface area (Å²) in [5.74, 6) is 0.190. The van der Waals surface area contributed by atoms with E-state index in [1.165, 1.54) is 0 Å². The van der Waals surface area contributed by atoms with Gasteiger partial charge in [-0.25, -0.2) is 13.2 Å². The molecule has 0 aromatic carbocycles. The minimum Gasteiger partial charge on any atom is -0.450 e. The Balaban J connectivity index is 2.36. The molecule has 0 bridgehead atoms. The SMILES string of the molecule is CCOC(=O)N[C@@H]1CCS(=O)(=O)C1. The number of hydrogen-bond donors (Lipinski definition) is 1. The van der Waals surface area contributed by atoms with Gasteiger partial charge in [0.15, 0.2) is 9.84 Å². The monoisotopic (exact) mass is 207 g/mol. The third-order valence-electron chi connectivity index (χ3n) is 1.83. The molecule has 0 aromatic rings. The first-order chi connectivity index (χ1) is 6.03. The van der Waals surface area contributed by atoms with Crippen LogP contribution in [0.5, 0.6) is 0 Å². The second kappa shape index (κ2) is 3.95. The topological polar surface area (TPSA) is 72.5 Å². The Bertz CT molecular complexity index is 285. The molecule has 1 fully saturated rings. The lowest BCUT2D eigenvalue weighted by atomic mass is 10.3. The second-order valence-electron chi connectivity index (χ2n) is 2.96. The fourth-order valence-electron chi connectivity index (χ4n) is 1.25. The van der Waals surface area contributed by atoms with Crippen molar-refractivity contribution >= 4 is 15.9 Å². The highest BCUT2D eigenvalue weighted by Gasteiger charge is 2.29. The smallest absolute Gasteiger partial charge is 0.407 e. The zero-order valence-corrected chi connectivity index (χ0v) is 8.26. The van der Waals surface area contributed by atoms with Gasteiger partial charge in [0.2, 0.25) is 0 Å². The Hall–Kier alpha value is -0.780. The third kappa shape index (κ3) is 3.22. The fourth-order valence-corrected chi connectivity index (χ4v) is 2.92. The van der Waals surface area contributed by atoms with Crippen LogP contribution in [0.2, 0.25) is 0 Å². The van der Waals surface area contributed by atoms with Gasteiger partial charge < -0.3 is 10.1 Å². The lowest BCUT2D eigenvalue weighted by molar-refractivity contribution is 0.149. The number of rotatable bonds is 2. The van der Waals surface area contributed by atoms with Gasteiger partial charge in [0.05, 0.1) is 18.1 Å². The van der Waals surface area contributed by atoms with E-state index in [9.17, 15) is 13.2 Å². The number of carbonyl (C=O) groups excluding carboxylic acids is 1. The molecule has 13 heavy (non-hydrogen) atoms. The largest absolute Gasteiger partial charge is 0.450 e. The van der Waals surface area contributed by atoms with Crippen molar-refractivity contribution in [1.29, 1.82) is 0 Å². The number of hydrogen-bond acceptors (Lipinski definition) is 4. The van der Waals surface area contributed by atoms with Crippen molar-refractivity contribution in [2.45, 2.75) is 19.4 Å². The zero-order valence-electron chi connectivity index (χ0n) is 7.45. The van der Waals surface area contributed by atoms with Gasteiger partial charge in [-0.3, -0.25) is 0 Å². The van der Waals surface area contributed by atoms with Crippen LogP contribution < -0.4 is 5.32 Å². The van der Waals surface area contributed by atoms with E-state index in [2.05, 4.69) is 10.1 Å². The molecule has 0 unspecified atom stereocenters. The normalized spacial score (nSPS) is 25.5. The van der Waals surface area contributed by atoms with Gasteiger partial charge in [-0.05, 0) is 13.3 Å². The Labute approximate surface area is 77.4 Å². The molecule has 6 heteroatoms. The summed E-state index contributed by atoms with van der Waals surface area (Å²) in [7, 11) is -2.93. The fraction of sp³-hybridized carbons (Fsp3) is 0.857. The van der Waals surface area contributed by atoms with Crippen molar-refractivity contribution in [3.05, 3.63) is 0 Å². The van der Waals surface area contributed by atoms with Crippen LogP contribution in [-0.4, -0.2) is 38.7 Å². The molecule has 1 rings (SSSR count). The first-order valence-corrected chi connectivity index (χ1v) is 5.99. The van der Waals surface area contributed by atoms with Crippen molar-refractivity contribution < 1.29 is 17.9 Å². The number of carbonyl (C=O) groups is 1. The Kier molecular flexibility index (Phi) is 3.13. The summed E-state index contributed by atoms with van der Waals surface area (Å²) in [5.41, 5.74) is 0. The van der Waals surface area contributed by atoms with Gasteiger partial charge in [0.1, 0.15) is 0 Å². The molecule has 5 nitrogen and oxygen atoms in total. The summed E-state index contributed by atoms with van der Waals surface area (Å²) in [6.07, 6.45) is -0.0502. The molecule has 1 heterocycles. The maximum Gasteiger partial charge on any atom is 0.407 e. The summed E-state index contributed by atoms with van der Waals surface area (Å²) >= 11 is 0. The minimum atomic E-state index is -2.93. The van der Waals surface area contributed by atoms with Crippen LogP contribution in [0.1, 0.15) is 13.3 Å². The summed E-state index contributed by atoms with van der Waals surface area (Å²) in [6.45, 7) is 2.00. The minimum absolute atomic E-state index is 0.0335. The molecule has 1 amide bonds. The molecule has 1 aliphatic rings. The average Bonchev–Trinajstić information content (AvgIpc) is 2.30. The van der Waals surface area contributed by atoms with E-state index in [0.717, 1.165) is 0 Å². The van der Waals surface area contributed by atoms with Crippen LogP contribution in [0, 0.1) is 0 Å². The quantitative estimate of drug-likeness (QED) is 0.687. The van der Waals surface area contributed by atoms with Crippen LogP contribution in [0.25, 0.3) is 0 Å². The molecule has 1 atom stereocenters. The van der Waals surface area contributed by atoms with Crippen LogP contribution >= 0.6 is 0 Å². The maximum absolute atomic E-state index is 11.0. The van der Waals surface area contributed by atoms with Gasteiger partial charge in [0.25, 0.3) is 0 Å². The number of nitrogens with one attached hydrogen (secondary N) is 1. The number of ether oxygens (including phenoxy) is 1. The Morgan fingerprint density at radius 2 is 2.31 bits per heavy atom. The summed E-state index contributed by atoms with van der Waals surface area (Å²) < 4.78 is 26.6. The highest BCUT2D eigenvalue weighted by molar-refractivity contribution is 7.91. The molecule has 76 valence electrons. The van der Waals surface area contributed by atoms with Crippen molar-refractivity contribution in [2.24, 2.45) is 0 Å². The van der Waals surface area contributed by atoms with Gasteiger partial charge in [-0.2, -0.15) is 0 Å². The van der Waals surface area contributed by atoms with Gasteiger partial charge in [-0.1, -0.05) is 0 Å². The van der Waals surface area contributed by atoms with Crippen molar-refractivity contribution in [2.75, 3.05) is 18.1 Å². The average molecular weight is 207 g/mol. The van der Waals surface area contributed by atoms with E-state index in [4.69, 9.17) is 0 Å². The summed E-state index contributed by atoms with van der Waals surface area (Å²) in [4.78, 5) is 10.9. The molecule has 0 aromatic heterocycles. The molecule has 0 aliphatic carbocycles. The lowest BCUT2D eigenvalue weighted by Crippen LogP contribution is -2.35. The van der Waals surface area contributed by atoms with Crippen molar-refractivity contribution in [1.82, 2.24) is 5.32 Å². The highest BCUT2D eigenvalue weighted by atomic mass is 32.2. The zero-order chi connectivity index (χ0) is 9.90. The molecular weight excluding hydrogens is 194 g/mol. The lowest BCUT2D eigenvalue weighted by Gasteiger charge is -2.09. The summed E-state index contributed by atoms with van der Waals surface area (Å²) in [5, 5.41) is 2.50. The van der Waals surface area contributed by atoms with E-state index >= 15 is 0 Å². The van der Waals surface area contributed by atoms with Crippen LogP contribution in [0.15, 0.2) is 0 Å². The highest BCUT2D eigenvalue weighted by Crippen LogP contribution is 2.11. The van der Waals surface area contributed by atoms with E-state index in [-0.39, 0.29) is 17.5 Å². The molecule has 0 spiro atoms. The van der Waals surface area contributed by atoms with Crippen molar-refractivity contribution in [3.8, 4) is 0 Å². The molecular formula is C7H13NO4S. The third-order valence-corrected chi connectivity index (χ3v) is 3.60. The standard InChI is InChI=1S/C7H13NO4S/c1-2-12-7(9)8-6-3-4-13(10,11)5-6/h6H,2-5H2,1H3,(H,8,9)/t6-/m1/s1. The van der Waals surface area contributed by atoms with E-state index in [0.29, 0.717) is 13.0 Å². The van der Waals surface area contributed by atoms with Gasteiger partial charge >= 0.3 is 6.09 Å². The van der Waals surface area contributed by atoms with Crippen LogP contribution in [0.4, 0.5) is 4.79 Å². The van der Waals surface area contributed by atoms with Gasteiger partial charge in [0, 0.05) is 6.04 Å². The molecule has 0 saturated carbocycles. The number of amides is 1. The molecule has 1 saturated heterocycles. The molecule has 1 aliphatic heterocycles. The predicted molar refractivity (Wildman–Crippen MR) is 47.2 cm³/mol. The van der Waals surface area contributed by atoms with Crippen molar-refractivity contribution in [3.63, 3.8) is 0 Å². The first kappa shape index (κ1) is 10.3. The predicted octanol–water partition coefficient (Wildman–Crippen LogP) is -0.0804. The van der Waals surface area contributed by atoms with E-state index in [1.807, 2.05) is 0 Å².